The molecule has 0 fully saturated rings. The summed E-state index contributed by atoms with van der Waals surface area (Å²) in [5.41, 5.74) is 5.83. The summed E-state index contributed by atoms with van der Waals surface area (Å²) in [6.07, 6.45) is 1.45. The van der Waals surface area contributed by atoms with Crippen LogP contribution in [0.3, 0.4) is 0 Å². The minimum Gasteiger partial charge on any atom is -0.389 e. The first-order valence-electron chi connectivity index (χ1n) is 5.39. The fraction of sp³-hybridized carbons (Fsp3) is 0.636. The highest BCUT2D eigenvalue weighted by Crippen LogP contribution is 2.21. The number of anilines is 2. The van der Waals surface area contributed by atoms with Crippen molar-refractivity contribution in [3.8, 4) is 0 Å². The molecule has 0 aromatic carbocycles. The minimum absolute atomic E-state index is 0.485. The molecule has 5 heteroatoms. The number of aromatic nitrogens is 2. The molecule has 0 spiro atoms. The minimum atomic E-state index is -0.762. The van der Waals surface area contributed by atoms with Crippen LogP contribution in [0.2, 0.25) is 0 Å². The van der Waals surface area contributed by atoms with E-state index in [2.05, 4.69) is 9.97 Å². The van der Waals surface area contributed by atoms with E-state index in [4.69, 9.17) is 5.73 Å². The summed E-state index contributed by atoms with van der Waals surface area (Å²) in [6.45, 7) is 8.73. The molecule has 0 aliphatic rings. The van der Waals surface area contributed by atoms with Gasteiger partial charge in [0.05, 0.1) is 5.60 Å². The summed E-state index contributed by atoms with van der Waals surface area (Å²) in [6, 6.07) is 0. The summed E-state index contributed by atoms with van der Waals surface area (Å²) in [7, 11) is 0. The molecule has 0 radical (unpaired) electrons. The molecule has 1 aromatic heterocycles. The van der Waals surface area contributed by atoms with E-state index in [1.54, 1.807) is 13.8 Å². The lowest BCUT2D eigenvalue weighted by Gasteiger charge is -2.29. The molecular formula is C11H20N4O. The molecule has 0 saturated heterocycles. The SMILES string of the molecule is CCN(CC(C)(C)O)c1ncnc(N)c1C. The molecule has 3 N–H and O–H groups in total. The van der Waals surface area contributed by atoms with E-state index >= 15 is 0 Å². The molecule has 0 aliphatic heterocycles. The highest BCUT2D eigenvalue weighted by Gasteiger charge is 2.20. The fourth-order valence-corrected chi connectivity index (χ4v) is 1.58. The normalized spacial score (nSPS) is 11.6. The highest BCUT2D eigenvalue weighted by atomic mass is 16.3. The van der Waals surface area contributed by atoms with Gasteiger partial charge in [0.25, 0.3) is 0 Å². The highest BCUT2D eigenvalue weighted by molar-refractivity contribution is 5.55. The molecule has 5 nitrogen and oxygen atoms in total. The second-order valence-electron chi connectivity index (χ2n) is 4.53. The Labute approximate surface area is 96.3 Å². The lowest BCUT2D eigenvalue weighted by atomic mass is 10.1. The van der Waals surface area contributed by atoms with Gasteiger partial charge in [0.2, 0.25) is 0 Å². The van der Waals surface area contributed by atoms with Crippen LogP contribution < -0.4 is 10.6 Å². The summed E-state index contributed by atoms with van der Waals surface area (Å²) in [5.74, 6) is 1.27. The number of nitrogens with zero attached hydrogens (tertiary/aromatic N) is 3. The van der Waals surface area contributed by atoms with Crippen LogP contribution >= 0.6 is 0 Å². The van der Waals surface area contributed by atoms with Gasteiger partial charge in [-0.2, -0.15) is 0 Å². The van der Waals surface area contributed by atoms with Gasteiger partial charge in [0, 0.05) is 18.7 Å². The van der Waals surface area contributed by atoms with E-state index < -0.39 is 5.60 Å². The smallest absolute Gasteiger partial charge is 0.137 e. The number of hydrogen-bond donors (Lipinski definition) is 2. The monoisotopic (exact) mass is 224 g/mol. The summed E-state index contributed by atoms with van der Waals surface area (Å²) >= 11 is 0. The average molecular weight is 224 g/mol. The predicted molar refractivity (Wildman–Crippen MR) is 65.4 cm³/mol. The molecule has 0 unspecified atom stereocenters. The van der Waals surface area contributed by atoms with E-state index in [0.29, 0.717) is 12.4 Å². The zero-order valence-corrected chi connectivity index (χ0v) is 10.4. The maximum absolute atomic E-state index is 9.82. The molecule has 0 saturated carbocycles. The van der Waals surface area contributed by atoms with Crippen molar-refractivity contribution in [2.75, 3.05) is 23.7 Å². The Morgan fingerprint density at radius 2 is 2.06 bits per heavy atom. The van der Waals surface area contributed by atoms with Gasteiger partial charge in [-0.3, -0.25) is 0 Å². The number of hydrogen-bond acceptors (Lipinski definition) is 5. The number of rotatable bonds is 4. The molecule has 1 rings (SSSR count). The Bertz CT molecular complexity index is 359. The van der Waals surface area contributed by atoms with Gasteiger partial charge >= 0.3 is 0 Å². The van der Waals surface area contributed by atoms with Crippen molar-refractivity contribution < 1.29 is 5.11 Å². The number of nitrogens with two attached hydrogens (primary N) is 1. The van der Waals surface area contributed by atoms with Gasteiger partial charge in [-0.15, -0.1) is 0 Å². The van der Waals surface area contributed by atoms with Crippen LogP contribution in [-0.2, 0) is 0 Å². The van der Waals surface area contributed by atoms with Crippen LogP contribution in [0.25, 0.3) is 0 Å². The van der Waals surface area contributed by atoms with Crippen LogP contribution in [0.5, 0.6) is 0 Å². The summed E-state index contributed by atoms with van der Waals surface area (Å²) < 4.78 is 0. The zero-order chi connectivity index (χ0) is 12.3. The molecule has 1 heterocycles. The molecule has 0 amide bonds. The molecular weight excluding hydrogens is 204 g/mol. The second-order valence-corrected chi connectivity index (χ2v) is 4.53. The van der Waals surface area contributed by atoms with Crippen molar-refractivity contribution in [3.05, 3.63) is 11.9 Å². The van der Waals surface area contributed by atoms with Crippen molar-refractivity contribution in [1.29, 1.82) is 0 Å². The van der Waals surface area contributed by atoms with Gasteiger partial charge in [0.15, 0.2) is 0 Å². The zero-order valence-electron chi connectivity index (χ0n) is 10.4. The Balaban J connectivity index is 3.00. The van der Waals surface area contributed by atoms with Crippen molar-refractivity contribution in [2.45, 2.75) is 33.3 Å². The molecule has 16 heavy (non-hydrogen) atoms. The van der Waals surface area contributed by atoms with Crippen molar-refractivity contribution in [2.24, 2.45) is 0 Å². The van der Waals surface area contributed by atoms with Crippen LogP contribution in [-0.4, -0.2) is 33.8 Å². The summed E-state index contributed by atoms with van der Waals surface area (Å²) in [4.78, 5) is 10.1. The molecule has 90 valence electrons. The third-order valence-corrected chi connectivity index (χ3v) is 2.36. The van der Waals surface area contributed by atoms with Crippen LogP contribution in [0, 0.1) is 6.92 Å². The standard InChI is InChI=1S/C11H20N4O/c1-5-15(6-11(3,4)16)10-8(2)9(12)13-7-14-10/h7,16H,5-6H2,1-4H3,(H2,12,13,14). The molecule has 0 aliphatic carbocycles. The Kier molecular flexibility index (Phi) is 3.70. The van der Waals surface area contributed by atoms with E-state index in [0.717, 1.165) is 17.9 Å². The third kappa shape index (κ3) is 3.06. The van der Waals surface area contributed by atoms with Crippen LogP contribution in [0.4, 0.5) is 11.6 Å². The van der Waals surface area contributed by atoms with Crippen LogP contribution in [0.15, 0.2) is 6.33 Å². The molecule has 0 bridgehead atoms. The second kappa shape index (κ2) is 4.65. The van der Waals surface area contributed by atoms with Gasteiger partial charge in [-0.25, -0.2) is 9.97 Å². The summed E-state index contributed by atoms with van der Waals surface area (Å²) in [5, 5.41) is 9.82. The van der Waals surface area contributed by atoms with Crippen molar-refractivity contribution in [1.82, 2.24) is 9.97 Å². The lowest BCUT2D eigenvalue weighted by molar-refractivity contribution is 0.0874. The van der Waals surface area contributed by atoms with E-state index in [1.807, 2.05) is 18.7 Å². The first kappa shape index (κ1) is 12.7. The van der Waals surface area contributed by atoms with Crippen molar-refractivity contribution >= 4 is 11.6 Å². The van der Waals surface area contributed by atoms with E-state index in [-0.39, 0.29) is 0 Å². The Morgan fingerprint density at radius 1 is 1.44 bits per heavy atom. The van der Waals surface area contributed by atoms with Crippen LogP contribution in [0.1, 0.15) is 26.3 Å². The first-order chi connectivity index (χ1) is 7.35. The van der Waals surface area contributed by atoms with E-state index in [9.17, 15) is 5.11 Å². The Hall–Kier alpha value is -1.36. The Morgan fingerprint density at radius 3 is 2.56 bits per heavy atom. The third-order valence-electron chi connectivity index (χ3n) is 2.36. The number of aliphatic hydroxyl groups is 1. The first-order valence-corrected chi connectivity index (χ1v) is 5.39. The van der Waals surface area contributed by atoms with Gasteiger partial charge in [-0.05, 0) is 27.7 Å². The predicted octanol–water partition coefficient (Wildman–Crippen LogP) is 0.964. The molecule has 0 atom stereocenters. The van der Waals surface area contributed by atoms with E-state index in [1.165, 1.54) is 6.33 Å². The number of nitrogen functional groups attached to an aromatic ring is 1. The van der Waals surface area contributed by atoms with Gasteiger partial charge < -0.3 is 15.7 Å². The maximum atomic E-state index is 9.82. The average Bonchev–Trinajstić information content (AvgIpc) is 2.18. The van der Waals surface area contributed by atoms with Gasteiger partial charge in [0.1, 0.15) is 18.0 Å². The fourth-order valence-electron chi connectivity index (χ4n) is 1.58. The quantitative estimate of drug-likeness (QED) is 0.797. The molecule has 1 aromatic rings. The number of likely N-dealkylation sites (N-methyl/N-ethyl adjacent to an activating group) is 1. The maximum Gasteiger partial charge on any atom is 0.137 e. The topological polar surface area (TPSA) is 75.3 Å². The largest absolute Gasteiger partial charge is 0.389 e. The van der Waals surface area contributed by atoms with Gasteiger partial charge in [-0.1, -0.05) is 0 Å². The van der Waals surface area contributed by atoms with Crippen molar-refractivity contribution in [3.63, 3.8) is 0 Å². The lowest BCUT2D eigenvalue weighted by Crippen LogP contribution is -2.39.